The first kappa shape index (κ1) is 18.3. The van der Waals surface area contributed by atoms with Crippen LogP contribution in [0.1, 0.15) is 13.8 Å². The Morgan fingerprint density at radius 2 is 1.95 bits per heavy atom. The van der Waals surface area contributed by atoms with E-state index in [4.69, 9.17) is 10.5 Å². The molecule has 0 aliphatic carbocycles. The summed E-state index contributed by atoms with van der Waals surface area (Å²) in [6.07, 6.45) is 0. The second kappa shape index (κ2) is 8.63. The van der Waals surface area contributed by atoms with Crippen LogP contribution in [0.4, 0.5) is 5.69 Å². The molecule has 0 amide bonds. The molecular formula is C14H24N2O3S2. The normalized spacial score (nSPS) is 13.5. The number of methoxy groups -OCH3 is 1. The minimum absolute atomic E-state index is 0.115. The van der Waals surface area contributed by atoms with Crippen LogP contribution < -0.4 is 5.73 Å². The molecule has 1 rings (SSSR count). The molecule has 0 heterocycles. The van der Waals surface area contributed by atoms with E-state index in [1.54, 1.807) is 7.11 Å². The summed E-state index contributed by atoms with van der Waals surface area (Å²) < 4.78 is 31.3. The molecule has 2 N–H and O–H groups in total. The Morgan fingerprint density at radius 3 is 2.48 bits per heavy atom. The van der Waals surface area contributed by atoms with Gasteiger partial charge in [-0.25, -0.2) is 8.42 Å². The molecular weight excluding hydrogens is 308 g/mol. The first-order valence-electron chi connectivity index (χ1n) is 6.87. The molecule has 0 aliphatic heterocycles. The molecule has 0 saturated heterocycles. The van der Waals surface area contributed by atoms with E-state index >= 15 is 0 Å². The van der Waals surface area contributed by atoms with Gasteiger partial charge in [0.1, 0.15) is 0 Å². The Morgan fingerprint density at radius 1 is 1.33 bits per heavy atom. The third kappa shape index (κ3) is 5.86. The van der Waals surface area contributed by atoms with Crippen molar-refractivity contribution in [3.63, 3.8) is 0 Å². The first-order chi connectivity index (χ1) is 9.90. The van der Waals surface area contributed by atoms with Gasteiger partial charge in [0, 0.05) is 36.0 Å². The number of sulfonamides is 1. The second-order valence-corrected chi connectivity index (χ2v) is 7.95. The Labute approximate surface area is 131 Å². The number of nitrogens with two attached hydrogens (primary N) is 1. The average molecular weight is 332 g/mol. The highest BCUT2D eigenvalue weighted by Gasteiger charge is 2.25. The molecule has 0 bridgehead atoms. The van der Waals surface area contributed by atoms with Crippen molar-refractivity contribution < 1.29 is 13.2 Å². The number of anilines is 1. The second-order valence-electron chi connectivity index (χ2n) is 4.74. The molecule has 0 aromatic heterocycles. The third-order valence-corrected chi connectivity index (χ3v) is 6.38. The standard InChI is InChI=1S/C14H24N2O3S2/c1-4-16(12(2)11-19-3)21(17,18)10-9-20-14-7-5-13(15)6-8-14/h5-8,12H,4,9-11,15H2,1-3H3. The van der Waals surface area contributed by atoms with E-state index in [9.17, 15) is 8.42 Å². The summed E-state index contributed by atoms with van der Waals surface area (Å²) in [5, 5.41) is 0. The fourth-order valence-electron chi connectivity index (χ4n) is 2.05. The fourth-order valence-corrected chi connectivity index (χ4v) is 5.03. The molecule has 0 radical (unpaired) electrons. The number of rotatable bonds is 9. The van der Waals surface area contributed by atoms with Crippen molar-refractivity contribution >= 4 is 27.5 Å². The lowest BCUT2D eigenvalue weighted by molar-refractivity contribution is 0.143. The number of thioether (sulfide) groups is 1. The van der Waals surface area contributed by atoms with Gasteiger partial charge in [-0.1, -0.05) is 6.92 Å². The predicted molar refractivity (Wildman–Crippen MR) is 89.1 cm³/mol. The number of likely N-dealkylation sites (N-methyl/N-ethyl adjacent to an activating group) is 1. The van der Waals surface area contributed by atoms with Crippen molar-refractivity contribution in [1.29, 1.82) is 0 Å². The zero-order chi connectivity index (χ0) is 15.9. The highest BCUT2D eigenvalue weighted by molar-refractivity contribution is 8.00. The quantitative estimate of drug-likeness (QED) is 0.553. The Hall–Kier alpha value is -0.760. The van der Waals surface area contributed by atoms with Crippen LogP contribution in [0.2, 0.25) is 0 Å². The van der Waals surface area contributed by atoms with Crippen LogP contribution in [0, 0.1) is 0 Å². The van der Waals surface area contributed by atoms with Gasteiger partial charge in [-0.05, 0) is 31.2 Å². The molecule has 1 atom stereocenters. The van der Waals surface area contributed by atoms with Gasteiger partial charge in [0.2, 0.25) is 10.0 Å². The van der Waals surface area contributed by atoms with Gasteiger partial charge in [0.25, 0.3) is 0 Å². The average Bonchev–Trinajstić information content (AvgIpc) is 2.41. The molecule has 7 heteroatoms. The zero-order valence-electron chi connectivity index (χ0n) is 12.8. The number of benzene rings is 1. The largest absolute Gasteiger partial charge is 0.399 e. The van der Waals surface area contributed by atoms with Crippen LogP contribution in [-0.4, -0.2) is 50.5 Å². The molecule has 21 heavy (non-hydrogen) atoms. The van der Waals surface area contributed by atoms with E-state index in [2.05, 4.69) is 0 Å². The number of hydrogen-bond acceptors (Lipinski definition) is 5. The van der Waals surface area contributed by atoms with E-state index in [0.717, 1.165) is 4.90 Å². The van der Waals surface area contributed by atoms with E-state index in [0.29, 0.717) is 24.6 Å². The van der Waals surface area contributed by atoms with Crippen LogP contribution >= 0.6 is 11.8 Å². The highest BCUT2D eigenvalue weighted by atomic mass is 32.2. The molecule has 1 unspecified atom stereocenters. The van der Waals surface area contributed by atoms with Crippen molar-refractivity contribution in [2.45, 2.75) is 24.8 Å². The van der Waals surface area contributed by atoms with Gasteiger partial charge in [-0.15, -0.1) is 11.8 Å². The molecule has 1 aromatic carbocycles. The summed E-state index contributed by atoms with van der Waals surface area (Å²) in [7, 11) is -1.69. The van der Waals surface area contributed by atoms with Crippen LogP contribution in [-0.2, 0) is 14.8 Å². The minimum atomic E-state index is -3.26. The summed E-state index contributed by atoms with van der Waals surface area (Å²) in [6.45, 7) is 4.56. The Balaban J connectivity index is 2.56. The Kier molecular flexibility index (Phi) is 7.51. The van der Waals surface area contributed by atoms with Crippen LogP contribution in [0.3, 0.4) is 0 Å². The maximum Gasteiger partial charge on any atom is 0.215 e. The molecule has 120 valence electrons. The zero-order valence-corrected chi connectivity index (χ0v) is 14.4. The fraction of sp³-hybridized carbons (Fsp3) is 0.571. The van der Waals surface area contributed by atoms with E-state index in [1.165, 1.54) is 16.1 Å². The van der Waals surface area contributed by atoms with Gasteiger partial charge in [-0.3, -0.25) is 0 Å². The number of hydrogen-bond donors (Lipinski definition) is 1. The smallest absolute Gasteiger partial charge is 0.215 e. The van der Waals surface area contributed by atoms with Crippen molar-refractivity contribution in [2.75, 3.05) is 37.5 Å². The number of nitrogen functional groups attached to an aromatic ring is 1. The molecule has 1 aromatic rings. The van der Waals surface area contributed by atoms with Crippen LogP contribution in [0.25, 0.3) is 0 Å². The van der Waals surface area contributed by atoms with E-state index in [-0.39, 0.29) is 11.8 Å². The summed E-state index contributed by atoms with van der Waals surface area (Å²) in [5.41, 5.74) is 6.33. The summed E-state index contributed by atoms with van der Waals surface area (Å²) in [6, 6.07) is 7.29. The maximum atomic E-state index is 12.4. The third-order valence-electron chi connectivity index (χ3n) is 3.06. The van der Waals surface area contributed by atoms with Crippen molar-refractivity contribution in [3.05, 3.63) is 24.3 Å². The first-order valence-corrected chi connectivity index (χ1v) is 9.47. The monoisotopic (exact) mass is 332 g/mol. The lowest BCUT2D eigenvalue weighted by Gasteiger charge is -2.26. The SMILES string of the molecule is CCN(C(C)COC)S(=O)(=O)CCSc1ccc(N)cc1. The van der Waals surface area contributed by atoms with Gasteiger partial charge in [-0.2, -0.15) is 4.31 Å². The summed E-state index contributed by atoms with van der Waals surface area (Å²) in [4.78, 5) is 1.02. The summed E-state index contributed by atoms with van der Waals surface area (Å²) >= 11 is 1.52. The van der Waals surface area contributed by atoms with Crippen molar-refractivity contribution in [2.24, 2.45) is 0 Å². The lowest BCUT2D eigenvalue weighted by Crippen LogP contribution is -2.42. The summed E-state index contributed by atoms with van der Waals surface area (Å²) in [5.74, 6) is 0.631. The molecule has 0 fully saturated rings. The topological polar surface area (TPSA) is 72.6 Å². The minimum Gasteiger partial charge on any atom is -0.399 e. The molecule has 0 spiro atoms. The predicted octanol–water partition coefficient (Wildman–Crippen LogP) is 2.05. The maximum absolute atomic E-state index is 12.4. The van der Waals surface area contributed by atoms with E-state index < -0.39 is 10.0 Å². The highest BCUT2D eigenvalue weighted by Crippen LogP contribution is 2.20. The Bertz CT molecular complexity index is 518. The number of nitrogens with zero attached hydrogens (tertiary/aromatic N) is 1. The number of ether oxygens (including phenoxy) is 1. The van der Waals surface area contributed by atoms with E-state index in [1.807, 2.05) is 38.1 Å². The molecule has 0 saturated carbocycles. The lowest BCUT2D eigenvalue weighted by atomic mass is 10.3. The van der Waals surface area contributed by atoms with Gasteiger partial charge < -0.3 is 10.5 Å². The molecule has 0 aliphatic rings. The van der Waals surface area contributed by atoms with Crippen LogP contribution in [0.15, 0.2) is 29.2 Å². The van der Waals surface area contributed by atoms with Crippen molar-refractivity contribution in [1.82, 2.24) is 4.31 Å². The van der Waals surface area contributed by atoms with Gasteiger partial charge in [0.05, 0.1) is 12.4 Å². The van der Waals surface area contributed by atoms with Crippen molar-refractivity contribution in [3.8, 4) is 0 Å². The van der Waals surface area contributed by atoms with Crippen LogP contribution in [0.5, 0.6) is 0 Å². The van der Waals surface area contributed by atoms with Gasteiger partial charge in [0.15, 0.2) is 0 Å². The molecule has 5 nitrogen and oxygen atoms in total. The van der Waals surface area contributed by atoms with Gasteiger partial charge >= 0.3 is 0 Å².